The summed E-state index contributed by atoms with van der Waals surface area (Å²) in [5.41, 5.74) is 0.961. The fraction of sp³-hybridized carbons (Fsp3) is 0.267. The van der Waals surface area contributed by atoms with E-state index in [-0.39, 0.29) is 11.8 Å². The van der Waals surface area contributed by atoms with E-state index in [0.717, 1.165) is 5.56 Å². The average molecular weight is 287 g/mol. The van der Waals surface area contributed by atoms with Gasteiger partial charge in [0.25, 0.3) is 0 Å². The highest BCUT2D eigenvalue weighted by Crippen LogP contribution is 2.09. The van der Waals surface area contributed by atoms with Gasteiger partial charge in [-0.05, 0) is 12.5 Å². The zero-order valence-electron chi connectivity index (χ0n) is 11.9. The Kier molecular flexibility index (Phi) is 4.71. The van der Waals surface area contributed by atoms with Crippen LogP contribution in [0, 0.1) is 6.92 Å². The molecule has 0 aliphatic rings. The lowest BCUT2D eigenvalue weighted by Gasteiger charge is -2.16. The van der Waals surface area contributed by atoms with E-state index in [4.69, 9.17) is 4.52 Å². The number of carbonyl (C=O) groups excluding carboxylic acids is 2. The van der Waals surface area contributed by atoms with Gasteiger partial charge in [-0.2, -0.15) is 0 Å². The summed E-state index contributed by atoms with van der Waals surface area (Å²) in [4.78, 5) is 23.5. The van der Waals surface area contributed by atoms with Gasteiger partial charge in [-0.15, -0.1) is 0 Å². The molecule has 1 atom stereocenters. The molecule has 2 rings (SSSR count). The van der Waals surface area contributed by atoms with E-state index in [2.05, 4.69) is 15.8 Å². The van der Waals surface area contributed by atoms with Crippen LogP contribution in [0.1, 0.15) is 18.2 Å². The molecule has 21 heavy (non-hydrogen) atoms. The van der Waals surface area contributed by atoms with Crippen molar-refractivity contribution in [2.24, 2.45) is 0 Å². The van der Waals surface area contributed by atoms with Crippen LogP contribution >= 0.6 is 0 Å². The molecule has 2 amide bonds. The molecule has 0 radical (unpaired) electrons. The Hall–Kier alpha value is -2.63. The molecule has 0 saturated carbocycles. The molecule has 1 aromatic carbocycles. The van der Waals surface area contributed by atoms with E-state index < -0.39 is 6.04 Å². The first-order valence-corrected chi connectivity index (χ1v) is 6.60. The number of nitrogens with zero attached hydrogens (tertiary/aromatic N) is 1. The van der Waals surface area contributed by atoms with Crippen molar-refractivity contribution >= 4 is 17.6 Å². The van der Waals surface area contributed by atoms with Crippen LogP contribution in [0.25, 0.3) is 0 Å². The predicted octanol–water partition coefficient (Wildman–Crippen LogP) is 1.67. The second-order valence-electron chi connectivity index (χ2n) is 4.75. The molecule has 0 saturated heterocycles. The number of nitrogens with one attached hydrogen (secondary N) is 2. The van der Waals surface area contributed by atoms with Gasteiger partial charge in [-0.1, -0.05) is 35.5 Å². The van der Waals surface area contributed by atoms with Crippen molar-refractivity contribution in [2.45, 2.75) is 26.3 Å². The fourth-order valence-corrected chi connectivity index (χ4v) is 1.94. The summed E-state index contributed by atoms with van der Waals surface area (Å²) in [5, 5.41) is 8.98. The minimum atomic E-state index is -0.665. The molecular weight excluding hydrogens is 270 g/mol. The summed E-state index contributed by atoms with van der Waals surface area (Å²) in [6.07, 6.45) is 0.406. The third-order valence-corrected chi connectivity index (χ3v) is 2.86. The summed E-state index contributed by atoms with van der Waals surface area (Å²) >= 11 is 0. The van der Waals surface area contributed by atoms with Gasteiger partial charge in [-0.3, -0.25) is 9.59 Å². The second kappa shape index (κ2) is 6.69. The number of benzene rings is 1. The van der Waals surface area contributed by atoms with Gasteiger partial charge < -0.3 is 15.2 Å². The molecule has 0 unspecified atom stereocenters. The van der Waals surface area contributed by atoms with Gasteiger partial charge in [0.15, 0.2) is 5.82 Å². The molecule has 0 aliphatic heterocycles. The number of carbonyl (C=O) groups is 2. The molecule has 6 nitrogen and oxygen atoms in total. The number of aryl methyl sites for hydroxylation is 1. The molecular formula is C15H17N3O3. The van der Waals surface area contributed by atoms with Crippen molar-refractivity contribution in [2.75, 3.05) is 5.32 Å². The van der Waals surface area contributed by atoms with E-state index in [1.54, 1.807) is 13.0 Å². The van der Waals surface area contributed by atoms with Gasteiger partial charge in [0.05, 0.1) is 0 Å². The number of aromatic nitrogens is 1. The maximum Gasteiger partial charge on any atom is 0.248 e. The summed E-state index contributed by atoms with van der Waals surface area (Å²) in [6, 6.07) is 10.4. The fourth-order valence-electron chi connectivity index (χ4n) is 1.94. The largest absolute Gasteiger partial charge is 0.360 e. The third kappa shape index (κ3) is 4.45. The van der Waals surface area contributed by atoms with Gasteiger partial charge in [0, 0.05) is 19.4 Å². The number of hydrogen-bond acceptors (Lipinski definition) is 4. The Morgan fingerprint density at radius 3 is 2.57 bits per heavy atom. The Balaban J connectivity index is 2.07. The van der Waals surface area contributed by atoms with Gasteiger partial charge >= 0.3 is 0 Å². The monoisotopic (exact) mass is 287 g/mol. The molecule has 2 aromatic rings. The van der Waals surface area contributed by atoms with Crippen molar-refractivity contribution in [3.05, 3.63) is 47.7 Å². The number of anilines is 1. The summed E-state index contributed by atoms with van der Waals surface area (Å²) in [5.74, 6) is 0.343. The SMILES string of the molecule is CC(=O)N[C@@H](Cc1ccccc1)C(=O)Nc1cc(C)on1. The first-order chi connectivity index (χ1) is 10.0. The molecule has 1 heterocycles. The molecule has 2 N–H and O–H groups in total. The number of hydrogen-bond donors (Lipinski definition) is 2. The van der Waals surface area contributed by atoms with E-state index in [1.165, 1.54) is 6.92 Å². The van der Waals surface area contributed by atoms with Gasteiger partial charge in [-0.25, -0.2) is 0 Å². The first kappa shape index (κ1) is 14.8. The number of rotatable bonds is 5. The third-order valence-electron chi connectivity index (χ3n) is 2.86. The van der Waals surface area contributed by atoms with Crippen LogP contribution in [-0.4, -0.2) is 23.0 Å². The highest BCUT2D eigenvalue weighted by atomic mass is 16.5. The Labute approximate surface area is 122 Å². The molecule has 0 fully saturated rings. The van der Waals surface area contributed by atoms with E-state index in [9.17, 15) is 9.59 Å². The molecule has 1 aromatic heterocycles. The Morgan fingerprint density at radius 2 is 2.00 bits per heavy atom. The smallest absolute Gasteiger partial charge is 0.248 e. The summed E-state index contributed by atoms with van der Waals surface area (Å²) in [6.45, 7) is 3.11. The van der Waals surface area contributed by atoms with Crippen molar-refractivity contribution in [3.8, 4) is 0 Å². The van der Waals surface area contributed by atoms with Crippen LogP contribution in [0.2, 0.25) is 0 Å². The topological polar surface area (TPSA) is 84.2 Å². The van der Waals surface area contributed by atoms with Crippen LogP contribution in [0.5, 0.6) is 0 Å². The zero-order valence-corrected chi connectivity index (χ0v) is 11.9. The molecule has 0 bridgehead atoms. The first-order valence-electron chi connectivity index (χ1n) is 6.60. The quantitative estimate of drug-likeness (QED) is 0.876. The molecule has 6 heteroatoms. The van der Waals surface area contributed by atoms with Crippen LogP contribution in [0.15, 0.2) is 40.9 Å². The number of amides is 2. The highest BCUT2D eigenvalue weighted by molar-refractivity contribution is 5.96. The Bertz CT molecular complexity index is 622. The summed E-state index contributed by atoms with van der Waals surface area (Å²) < 4.78 is 4.89. The van der Waals surface area contributed by atoms with E-state index >= 15 is 0 Å². The minimum Gasteiger partial charge on any atom is -0.360 e. The van der Waals surface area contributed by atoms with Crippen LogP contribution in [0.4, 0.5) is 5.82 Å². The standard InChI is InChI=1S/C15H17N3O3/c1-10-8-14(18-21-10)17-15(20)13(16-11(2)19)9-12-6-4-3-5-7-12/h3-8,13H,9H2,1-2H3,(H,16,19)(H,17,18,20)/t13-/m0/s1. The van der Waals surface area contributed by atoms with Crippen molar-refractivity contribution in [1.29, 1.82) is 0 Å². The molecule has 110 valence electrons. The summed E-state index contributed by atoms with van der Waals surface area (Å²) in [7, 11) is 0. The average Bonchev–Trinajstić information content (AvgIpc) is 2.84. The van der Waals surface area contributed by atoms with Crippen molar-refractivity contribution < 1.29 is 14.1 Å². The molecule has 0 aliphatic carbocycles. The lowest BCUT2D eigenvalue weighted by molar-refractivity contribution is -0.125. The lowest BCUT2D eigenvalue weighted by Crippen LogP contribution is -2.44. The minimum absolute atomic E-state index is 0.262. The Morgan fingerprint density at radius 1 is 1.29 bits per heavy atom. The van der Waals surface area contributed by atoms with Crippen LogP contribution in [0.3, 0.4) is 0 Å². The van der Waals surface area contributed by atoms with Gasteiger partial charge in [0.1, 0.15) is 11.8 Å². The maximum absolute atomic E-state index is 12.3. The van der Waals surface area contributed by atoms with Crippen LogP contribution in [-0.2, 0) is 16.0 Å². The normalized spacial score (nSPS) is 11.7. The zero-order chi connectivity index (χ0) is 15.2. The van der Waals surface area contributed by atoms with Crippen LogP contribution < -0.4 is 10.6 Å². The van der Waals surface area contributed by atoms with Crippen molar-refractivity contribution in [3.63, 3.8) is 0 Å². The highest BCUT2D eigenvalue weighted by Gasteiger charge is 2.21. The van der Waals surface area contributed by atoms with E-state index in [1.807, 2.05) is 30.3 Å². The van der Waals surface area contributed by atoms with E-state index in [0.29, 0.717) is 18.0 Å². The lowest BCUT2D eigenvalue weighted by atomic mass is 10.1. The maximum atomic E-state index is 12.3. The van der Waals surface area contributed by atoms with Gasteiger partial charge in [0.2, 0.25) is 11.8 Å². The molecule has 0 spiro atoms. The predicted molar refractivity (Wildman–Crippen MR) is 77.6 cm³/mol. The van der Waals surface area contributed by atoms with Crippen molar-refractivity contribution in [1.82, 2.24) is 10.5 Å². The second-order valence-corrected chi connectivity index (χ2v) is 4.75.